The van der Waals surface area contributed by atoms with Crippen LogP contribution in [0, 0.1) is 5.92 Å². The molecule has 61 heavy (non-hydrogen) atoms. The number of rotatable bonds is 8. The van der Waals surface area contributed by atoms with E-state index in [-0.39, 0.29) is 11.8 Å². The fourth-order valence-corrected chi connectivity index (χ4v) is 9.21. The van der Waals surface area contributed by atoms with Crippen molar-refractivity contribution in [3.63, 3.8) is 0 Å². The molecular formula is C58H41N3. The molecule has 8 aromatic carbocycles. The van der Waals surface area contributed by atoms with E-state index in [2.05, 4.69) is 212 Å². The molecule has 3 nitrogen and oxygen atoms in total. The lowest BCUT2D eigenvalue weighted by Gasteiger charge is -2.33. The predicted octanol–water partition coefficient (Wildman–Crippen LogP) is 12.4. The fraction of sp³-hybridized carbons (Fsp3) is 0.0517. The topological polar surface area (TPSA) is 38.1 Å². The second-order valence-corrected chi connectivity index (χ2v) is 15.9. The average molecular weight is 780 g/mol. The van der Waals surface area contributed by atoms with Gasteiger partial charge in [0.1, 0.15) is 0 Å². The summed E-state index contributed by atoms with van der Waals surface area (Å²) >= 11 is 0. The molecule has 0 N–H and O–H groups in total. The van der Waals surface area contributed by atoms with Crippen LogP contribution in [-0.4, -0.2) is 15.7 Å². The molecule has 2 aliphatic rings. The van der Waals surface area contributed by atoms with Gasteiger partial charge in [-0.05, 0) is 62.2 Å². The van der Waals surface area contributed by atoms with Crippen molar-refractivity contribution in [1.29, 1.82) is 0 Å². The predicted molar refractivity (Wildman–Crippen MR) is 251 cm³/mol. The molecule has 2 heterocycles. The summed E-state index contributed by atoms with van der Waals surface area (Å²) in [6.45, 7) is 0. The maximum Gasteiger partial charge on any atom is 0.160 e. The molecule has 0 fully saturated rings. The first kappa shape index (κ1) is 36.3. The molecular weight excluding hydrogens is 739 g/mol. The van der Waals surface area contributed by atoms with E-state index in [1.807, 2.05) is 12.1 Å². The average Bonchev–Trinajstić information content (AvgIpc) is 3.69. The molecule has 288 valence electrons. The highest BCUT2D eigenvalue weighted by atomic mass is 14.9. The molecule has 0 saturated heterocycles. The van der Waals surface area contributed by atoms with Crippen molar-refractivity contribution in [3.05, 3.63) is 252 Å². The van der Waals surface area contributed by atoms with Crippen molar-refractivity contribution in [3.8, 4) is 56.2 Å². The van der Waals surface area contributed by atoms with Gasteiger partial charge < -0.3 is 0 Å². The van der Waals surface area contributed by atoms with Crippen LogP contribution in [0.5, 0.6) is 0 Å². The number of aromatic nitrogens is 2. The van der Waals surface area contributed by atoms with Crippen LogP contribution < -0.4 is 10.4 Å². The Morgan fingerprint density at radius 2 is 0.754 bits per heavy atom. The molecule has 3 heteroatoms. The van der Waals surface area contributed by atoms with Crippen LogP contribution in [0.15, 0.2) is 229 Å². The molecule has 1 aromatic heterocycles. The van der Waals surface area contributed by atoms with Crippen molar-refractivity contribution in [2.45, 2.75) is 12.3 Å². The quantitative estimate of drug-likeness (QED) is 0.154. The summed E-state index contributed by atoms with van der Waals surface area (Å²) < 4.78 is 0. The van der Waals surface area contributed by atoms with Gasteiger partial charge in [-0.1, -0.05) is 218 Å². The Bertz CT molecular complexity index is 3060. The summed E-state index contributed by atoms with van der Waals surface area (Å²) in [6.07, 6.45) is 0.835. The first-order chi connectivity index (χ1) is 30.2. The summed E-state index contributed by atoms with van der Waals surface area (Å²) in [5, 5.41) is 2.52. The van der Waals surface area contributed by atoms with Crippen molar-refractivity contribution >= 4 is 17.0 Å². The maximum atomic E-state index is 5.56. The normalized spacial score (nSPS) is 15.5. The van der Waals surface area contributed by atoms with Crippen LogP contribution in [0.2, 0.25) is 0 Å². The number of benzene rings is 8. The highest BCUT2D eigenvalue weighted by Gasteiger charge is 2.39. The molecule has 0 saturated carbocycles. The number of hydrogen-bond donors (Lipinski definition) is 0. The second kappa shape index (κ2) is 15.8. The van der Waals surface area contributed by atoms with Gasteiger partial charge in [-0.25, -0.2) is 9.97 Å². The lowest BCUT2D eigenvalue weighted by atomic mass is 9.73. The van der Waals surface area contributed by atoms with Crippen LogP contribution in [-0.2, 0) is 0 Å². The molecule has 0 bridgehead atoms. The Labute approximate surface area is 356 Å². The van der Waals surface area contributed by atoms with Crippen molar-refractivity contribution < 1.29 is 0 Å². The van der Waals surface area contributed by atoms with E-state index in [9.17, 15) is 0 Å². The van der Waals surface area contributed by atoms with Crippen molar-refractivity contribution in [2.75, 3.05) is 0 Å². The first-order valence-electron chi connectivity index (χ1n) is 21.1. The maximum absolute atomic E-state index is 5.56. The molecule has 11 rings (SSSR count). The third kappa shape index (κ3) is 7.00. The summed E-state index contributed by atoms with van der Waals surface area (Å²) in [6, 6.07) is 79.9. The van der Waals surface area contributed by atoms with Crippen molar-refractivity contribution in [2.24, 2.45) is 10.9 Å². The molecule has 1 aliphatic heterocycles. The highest BCUT2D eigenvalue weighted by Crippen LogP contribution is 2.47. The number of fused-ring (bicyclic) bond motifs is 2. The lowest BCUT2D eigenvalue weighted by Crippen LogP contribution is -2.25. The number of hydrogen-bond acceptors (Lipinski definition) is 3. The van der Waals surface area contributed by atoms with Crippen LogP contribution in [0.3, 0.4) is 0 Å². The lowest BCUT2D eigenvalue weighted by molar-refractivity contribution is 0.622. The van der Waals surface area contributed by atoms with Gasteiger partial charge >= 0.3 is 0 Å². The summed E-state index contributed by atoms with van der Waals surface area (Å²) in [4.78, 5) is 16.0. The van der Waals surface area contributed by atoms with Crippen LogP contribution >= 0.6 is 0 Å². The fourth-order valence-electron chi connectivity index (χ4n) is 9.21. The van der Waals surface area contributed by atoms with E-state index in [0.29, 0.717) is 5.82 Å². The van der Waals surface area contributed by atoms with E-state index in [0.717, 1.165) is 57.0 Å². The van der Waals surface area contributed by atoms with Gasteiger partial charge in [-0.15, -0.1) is 0 Å². The van der Waals surface area contributed by atoms with Crippen LogP contribution in [0.4, 0.5) is 0 Å². The molecule has 0 amide bonds. The molecule has 2 atom stereocenters. The summed E-state index contributed by atoms with van der Waals surface area (Å²) in [5.74, 6) is 1.09. The zero-order chi connectivity index (χ0) is 40.5. The van der Waals surface area contributed by atoms with Crippen molar-refractivity contribution in [1.82, 2.24) is 9.97 Å². The standard InChI is InChI=1S/C58H41N3/c1-5-15-39(16-6-1)41-25-29-45(30-26-41)53-38-54(61-58(60-53)48-35-27-42(28-36-48)40-17-7-2-8-18-40)46-33-31-44(32-34-46)52-37-51(43-19-9-3-10-20-43)56-55(47-21-11-4-12-22-47)49-23-13-14-24-50(49)57(56)59-52/h1-36,38,51,56H,37H2. The number of nitrogens with zero attached hydrogens (tertiary/aromatic N) is 3. The van der Waals surface area contributed by atoms with E-state index in [1.165, 1.54) is 43.8 Å². The molecule has 1 aliphatic carbocycles. The minimum absolute atomic E-state index is 0.159. The molecule has 2 unspecified atom stereocenters. The molecule has 0 radical (unpaired) electrons. The summed E-state index contributed by atoms with van der Waals surface area (Å²) in [5.41, 5.74) is 16.9. The van der Waals surface area contributed by atoms with Gasteiger partial charge in [0.2, 0.25) is 0 Å². The van der Waals surface area contributed by atoms with Gasteiger partial charge in [-0.3, -0.25) is 4.99 Å². The Morgan fingerprint density at radius 1 is 0.344 bits per heavy atom. The van der Waals surface area contributed by atoms with Gasteiger partial charge in [0.15, 0.2) is 5.82 Å². The van der Waals surface area contributed by atoms with Gasteiger partial charge in [0.05, 0.1) is 17.1 Å². The Hall–Kier alpha value is -7.75. The second-order valence-electron chi connectivity index (χ2n) is 15.9. The Balaban J connectivity index is 0.989. The van der Waals surface area contributed by atoms with Crippen LogP contribution in [0.25, 0.3) is 67.4 Å². The molecule has 0 spiro atoms. The van der Waals surface area contributed by atoms with Crippen LogP contribution in [0.1, 0.15) is 29.0 Å². The largest absolute Gasteiger partial charge is 0.256 e. The van der Waals surface area contributed by atoms with Gasteiger partial charge in [0.25, 0.3) is 0 Å². The first-order valence-corrected chi connectivity index (χ1v) is 21.1. The summed E-state index contributed by atoms with van der Waals surface area (Å²) in [7, 11) is 0. The third-order valence-corrected chi connectivity index (χ3v) is 12.3. The SMILES string of the molecule is c1ccc(C2=c3ccccc3=C3N=C(c4ccc(-c5cc(-c6ccc(-c7ccccc7)cc6)nc(-c6ccc(-c7ccccc7)cc6)n5)cc4)CC(c4ccccc4)C32)cc1. The minimum Gasteiger partial charge on any atom is -0.256 e. The zero-order valence-corrected chi connectivity index (χ0v) is 33.6. The minimum atomic E-state index is 0.159. The van der Waals surface area contributed by atoms with E-state index in [1.54, 1.807) is 0 Å². The highest BCUT2D eigenvalue weighted by molar-refractivity contribution is 6.06. The van der Waals surface area contributed by atoms with E-state index in [4.69, 9.17) is 15.0 Å². The van der Waals surface area contributed by atoms with E-state index < -0.39 is 0 Å². The zero-order valence-electron chi connectivity index (χ0n) is 33.6. The monoisotopic (exact) mass is 779 g/mol. The van der Waals surface area contributed by atoms with Gasteiger partial charge in [-0.2, -0.15) is 0 Å². The Morgan fingerprint density at radius 3 is 1.30 bits per heavy atom. The Kier molecular flexibility index (Phi) is 9.40. The molecule has 9 aromatic rings. The van der Waals surface area contributed by atoms with Gasteiger partial charge in [0, 0.05) is 39.5 Å². The number of aliphatic imine (C=N–C) groups is 1. The third-order valence-electron chi connectivity index (χ3n) is 12.3. The smallest absolute Gasteiger partial charge is 0.160 e. The van der Waals surface area contributed by atoms with E-state index >= 15 is 0 Å².